The Morgan fingerprint density at radius 1 is 1.40 bits per heavy atom. The number of hydrogen-bond donors (Lipinski definition) is 0. The molecule has 0 radical (unpaired) electrons. The summed E-state index contributed by atoms with van der Waals surface area (Å²) in [5.41, 5.74) is 0. The largest absolute Gasteiger partial charge is 0.281 e. The number of nitrogens with zero attached hydrogens (tertiary/aromatic N) is 3. The molecular weight excluding hydrogens is 214 g/mol. The van der Waals surface area contributed by atoms with Crippen molar-refractivity contribution < 1.29 is 8.42 Å². The van der Waals surface area contributed by atoms with Gasteiger partial charge in [-0.25, -0.2) is 0 Å². The average Bonchev–Trinajstić information content (AvgIpc) is 2.17. The molecule has 0 aliphatic carbocycles. The first-order valence-corrected chi connectivity index (χ1v) is 6.37. The highest BCUT2D eigenvalue weighted by Gasteiger charge is 2.26. The minimum Gasteiger partial charge on any atom is -0.198 e. The molecule has 0 saturated carbocycles. The van der Waals surface area contributed by atoms with Crippen LogP contribution in [0.5, 0.6) is 0 Å². The molecule has 0 aromatic heterocycles. The van der Waals surface area contributed by atoms with Crippen molar-refractivity contribution >= 4 is 10.2 Å². The fourth-order valence-electron chi connectivity index (χ4n) is 1.06. The van der Waals surface area contributed by atoms with Gasteiger partial charge in [-0.2, -0.15) is 22.3 Å². The van der Waals surface area contributed by atoms with Gasteiger partial charge >= 0.3 is 0 Å². The van der Waals surface area contributed by atoms with Crippen molar-refractivity contribution in [2.75, 3.05) is 20.1 Å². The van der Waals surface area contributed by atoms with Crippen LogP contribution in [0.3, 0.4) is 0 Å². The summed E-state index contributed by atoms with van der Waals surface area (Å²) < 4.78 is 26.5. The van der Waals surface area contributed by atoms with E-state index in [4.69, 9.17) is 5.26 Å². The smallest absolute Gasteiger partial charge is 0.198 e. The van der Waals surface area contributed by atoms with Gasteiger partial charge in [0.1, 0.15) is 0 Å². The van der Waals surface area contributed by atoms with Gasteiger partial charge in [0.2, 0.25) is 0 Å². The SMILES string of the molecule is CCN(CCC#N)S(=O)(=O)N(C)C(C)C. The lowest BCUT2D eigenvalue weighted by Gasteiger charge is -2.28. The van der Waals surface area contributed by atoms with Gasteiger partial charge in [0.05, 0.1) is 6.07 Å². The Labute approximate surface area is 92.5 Å². The van der Waals surface area contributed by atoms with Crippen LogP contribution in [0.25, 0.3) is 0 Å². The first-order chi connectivity index (χ1) is 6.87. The molecule has 0 N–H and O–H groups in total. The van der Waals surface area contributed by atoms with Gasteiger partial charge in [-0.3, -0.25) is 0 Å². The van der Waals surface area contributed by atoms with Crippen LogP contribution < -0.4 is 0 Å². The average molecular weight is 233 g/mol. The molecule has 5 nitrogen and oxygen atoms in total. The zero-order valence-electron chi connectivity index (χ0n) is 9.77. The molecule has 0 aromatic carbocycles. The van der Waals surface area contributed by atoms with Crippen molar-refractivity contribution in [3.8, 4) is 6.07 Å². The summed E-state index contributed by atoms with van der Waals surface area (Å²) in [6, 6.07) is 1.87. The van der Waals surface area contributed by atoms with Crippen molar-refractivity contribution in [3.05, 3.63) is 0 Å². The Balaban J connectivity index is 4.75. The summed E-state index contributed by atoms with van der Waals surface area (Å²) in [6.07, 6.45) is 0.221. The molecule has 0 rings (SSSR count). The summed E-state index contributed by atoms with van der Waals surface area (Å²) in [4.78, 5) is 0. The van der Waals surface area contributed by atoms with Crippen molar-refractivity contribution in [2.24, 2.45) is 0 Å². The van der Waals surface area contributed by atoms with Crippen LogP contribution >= 0.6 is 0 Å². The van der Waals surface area contributed by atoms with Crippen LogP contribution in [0, 0.1) is 11.3 Å². The van der Waals surface area contributed by atoms with E-state index >= 15 is 0 Å². The molecular formula is C9H19N3O2S. The maximum atomic E-state index is 12.0. The lowest BCUT2D eigenvalue weighted by molar-refractivity contribution is 0.343. The number of hydrogen-bond acceptors (Lipinski definition) is 3. The van der Waals surface area contributed by atoms with Crippen LogP contribution in [0.2, 0.25) is 0 Å². The predicted molar refractivity (Wildman–Crippen MR) is 59.3 cm³/mol. The summed E-state index contributed by atoms with van der Waals surface area (Å²) in [7, 11) is -1.86. The molecule has 0 amide bonds. The third kappa shape index (κ3) is 3.78. The lowest BCUT2D eigenvalue weighted by Crippen LogP contribution is -2.45. The summed E-state index contributed by atoms with van der Waals surface area (Å²) >= 11 is 0. The first-order valence-electron chi connectivity index (χ1n) is 4.98. The molecule has 0 bridgehead atoms. The highest BCUT2D eigenvalue weighted by Crippen LogP contribution is 2.09. The van der Waals surface area contributed by atoms with E-state index in [9.17, 15) is 8.42 Å². The molecule has 0 aliphatic rings. The third-order valence-electron chi connectivity index (χ3n) is 2.24. The van der Waals surface area contributed by atoms with Gasteiger partial charge in [-0.05, 0) is 13.8 Å². The molecule has 0 spiro atoms. The van der Waals surface area contributed by atoms with Gasteiger partial charge in [-0.1, -0.05) is 6.92 Å². The molecule has 0 fully saturated rings. The van der Waals surface area contributed by atoms with Gasteiger partial charge in [0, 0.05) is 32.6 Å². The van der Waals surface area contributed by atoms with Crippen LogP contribution in [-0.4, -0.2) is 43.2 Å². The van der Waals surface area contributed by atoms with Gasteiger partial charge < -0.3 is 0 Å². The van der Waals surface area contributed by atoms with E-state index in [0.29, 0.717) is 6.54 Å². The molecule has 0 aliphatic heterocycles. The Morgan fingerprint density at radius 2 is 1.93 bits per heavy atom. The topological polar surface area (TPSA) is 64.4 Å². The number of nitriles is 1. The second kappa shape index (κ2) is 6.05. The van der Waals surface area contributed by atoms with E-state index in [0.717, 1.165) is 0 Å². The minimum absolute atomic E-state index is 0.0777. The Kier molecular flexibility index (Phi) is 5.80. The number of rotatable bonds is 6. The normalized spacial score (nSPS) is 12.4. The predicted octanol–water partition coefficient (Wildman–Crippen LogP) is 0.807. The zero-order chi connectivity index (χ0) is 12.1. The Morgan fingerprint density at radius 3 is 2.27 bits per heavy atom. The van der Waals surface area contributed by atoms with Crippen molar-refractivity contribution in [1.29, 1.82) is 5.26 Å². The van der Waals surface area contributed by atoms with Crippen molar-refractivity contribution in [2.45, 2.75) is 33.2 Å². The van der Waals surface area contributed by atoms with E-state index < -0.39 is 10.2 Å². The molecule has 0 heterocycles. The van der Waals surface area contributed by atoms with Crippen molar-refractivity contribution in [1.82, 2.24) is 8.61 Å². The van der Waals surface area contributed by atoms with Crippen LogP contribution in [-0.2, 0) is 10.2 Å². The minimum atomic E-state index is -3.41. The third-order valence-corrected chi connectivity index (χ3v) is 4.49. The standard InChI is InChI=1S/C9H19N3O2S/c1-5-12(8-6-7-10)15(13,14)11(4)9(2)3/h9H,5-6,8H2,1-4H3. The lowest BCUT2D eigenvalue weighted by atomic mass is 10.4. The second-order valence-electron chi connectivity index (χ2n) is 3.52. The summed E-state index contributed by atoms with van der Waals surface area (Å²) in [5.74, 6) is 0. The molecule has 0 unspecified atom stereocenters. The first kappa shape index (κ1) is 14.4. The molecule has 0 saturated heterocycles. The fraction of sp³-hybridized carbons (Fsp3) is 0.889. The summed E-state index contributed by atoms with van der Waals surface area (Å²) in [6.45, 7) is 6.04. The van der Waals surface area contributed by atoms with Gasteiger partial charge in [-0.15, -0.1) is 0 Å². The van der Waals surface area contributed by atoms with E-state index in [1.807, 2.05) is 19.9 Å². The zero-order valence-corrected chi connectivity index (χ0v) is 10.6. The van der Waals surface area contributed by atoms with Gasteiger partial charge in [0.15, 0.2) is 0 Å². The fourth-order valence-corrected chi connectivity index (χ4v) is 2.61. The van der Waals surface area contributed by atoms with E-state index in [-0.39, 0.29) is 19.0 Å². The highest BCUT2D eigenvalue weighted by molar-refractivity contribution is 7.86. The maximum Gasteiger partial charge on any atom is 0.281 e. The van der Waals surface area contributed by atoms with Crippen LogP contribution in [0.1, 0.15) is 27.2 Å². The quantitative estimate of drug-likeness (QED) is 0.682. The van der Waals surface area contributed by atoms with E-state index in [1.54, 1.807) is 14.0 Å². The van der Waals surface area contributed by atoms with Crippen LogP contribution in [0.4, 0.5) is 0 Å². The summed E-state index contributed by atoms with van der Waals surface area (Å²) in [5, 5.41) is 8.44. The van der Waals surface area contributed by atoms with E-state index in [1.165, 1.54) is 8.61 Å². The Bertz CT molecular complexity index is 319. The molecule has 15 heavy (non-hydrogen) atoms. The second-order valence-corrected chi connectivity index (χ2v) is 5.51. The monoisotopic (exact) mass is 233 g/mol. The highest BCUT2D eigenvalue weighted by atomic mass is 32.2. The van der Waals surface area contributed by atoms with Crippen LogP contribution in [0.15, 0.2) is 0 Å². The molecule has 88 valence electrons. The van der Waals surface area contributed by atoms with Gasteiger partial charge in [0.25, 0.3) is 10.2 Å². The molecule has 6 heteroatoms. The van der Waals surface area contributed by atoms with E-state index in [2.05, 4.69) is 0 Å². The maximum absolute atomic E-state index is 12.0. The molecule has 0 atom stereocenters. The molecule has 0 aromatic rings. The Hall–Kier alpha value is -0.640. The van der Waals surface area contributed by atoms with Crippen molar-refractivity contribution in [3.63, 3.8) is 0 Å².